The summed E-state index contributed by atoms with van der Waals surface area (Å²) in [6, 6.07) is 0. The predicted molar refractivity (Wildman–Crippen MR) is 423 cm³/mol. The first kappa shape index (κ1) is 101. The number of rotatable bonds is 82. The van der Waals surface area contributed by atoms with E-state index in [1.54, 1.807) is 0 Å². The van der Waals surface area contributed by atoms with Crippen LogP contribution >= 0.6 is 15.6 Å². The van der Waals surface area contributed by atoms with Crippen LogP contribution in [0.3, 0.4) is 0 Å². The van der Waals surface area contributed by atoms with E-state index in [4.69, 9.17) is 37.0 Å². The average Bonchev–Trinajstić information content (AvgIpc) is 0.913. The summed E-state index contributed by atoms with van der Waals surface area (Å²) in [6.45, 7) is 11.9. The third-order valence-corrected chi connectivity index (χ3v) is 21.5. The maximum atomic E-state index is 13.1. The molecule has 0 aromatic heterocycles. The molecule has 0 fully saturated rings. The topological polar surface area (TPSA) is 237 Å². The van der Waals surface area contributed by atoms with Gasteiger partial charge in [0.15, 0.2) is 12.2 Å². The minimum absolute atomic E-state index is 0.104. The van der Waals surface area contributed by atoms with Gasteiger partial charge in [-0.3, -0.25) is 37.3 Å². The largest absolute Gasteiger partial charge is 0.472 e. The number of carbonyl (C=O) groups is 4. The smallest absolute Gasteiger partial charge is 0.462 e. The first-order valence-corrected chi connectivity index (χ1v) is 46.3. The van der Waals surface area contributed by atoms with Crippen molar-refractivity contribution < 1.29 is 80.2 Å². The van der Waals surface area contributed by atoms with Crippen LogP contribution in [0.1, 0.15) is 440 Å². The normalized spacial score (nSPS) is 13.9. The van der Waals surface area contributed by atoms with Gasteiger partial charge in [-0.15, -0.1) is 0 Å². The van der Waals surface area contributed by atoms with E-state index >= 15 is 0 Å². The lowest BCUT2D eigenvalue weighted by Gasteiger charge is -2.21. The molecule has 0 amide bonds. The summed E-state index contributed by atoms with van der Waals surface area (Å²) in [5, 5.41) is 10.7. The van der Waals surface area contributed by atoms with Crippen molar-refractivity contribution in [3.05, 3.63) is 0 Å². The number of aliphatic hydroxyl groups excluding tert-OH is 1. The van der Waals surface area contributed by atoms with Gasteiger partial charge < -0.3 is 33.8 Å². The van der Waals surface area contributed by atoms with Crippen LogP contribution in [0.15, 0.2) is 0 Å². The Morgan fingerprint density at radius 1 is 0.262 bits per heavy atom. The number of phosphoric acid groups is 2. The Hall–Kier alpha value is -1.94. The Morgan fingerprint density at radius 3 is 0.660 bits per heavy atom. The fourth-order valence-corrected chi connectivity index (χ4v) is 14.6. The van der Waals surface area contributed by atoms with Crippen LogP contribution in [0.2, 0.25) is 0 Å². The van der Waals surface area contributed by atoms with Gasteiger partial charge in [0.1, 0.15) is 19.3 Å². The molecule has 5 atom stereocenters. The lowest BCUT2D eigenvalue weighted by atomic mass is 10.0. The number of aliphatic hydroxyl groups is 1. The van der Waals surface area contributed by atoms with E-state index in [0.717, 1.165) is 108 Å². The zero-order valence-corrected chi connectivity index (χ0v) is 69.6. The molecule has 0 aliphatic rings. The van der Waals surface area contributed by atoms with Gasteiger partial charge in [-0.1, -0.05) is 389 Å². The second-order valence-corrected chi connectivity index (χ2v) is 34.6. The van der Waals surface area contributed by atoms with Crippen molar-refractivity contribution in [2.75, 3.05) is 39.6 Å². The van der Waals surface area contributed by atoms with Gasteiger partial charge in [0.05, 0.1) is 26.4 Å². The third-order valence-electron chi connectivity index (χ3n) is 19.6. The number of unbranched alkanes of at least 4 members (excludes halogenated alkanes) is 50. The monoisotopic (exact) mass is 1510 g/mol. The summed E-state index contributed by atoms with van der Waals surface area (Å²) < 4.78 is 68.8. The van der Waals surface area contributed by atoms with Gasteiger partial charge in [-0.05, 0) is 43.4 Å². The van der Waals surface area contributed by atoms with Gasteiger partial charge in [0.25, 0.3) is 0 Å². The molecule has 0 aromatic rings. The van der Waals surface area contributed by atoms with Gasteiger partial charge in [0.2, 0.25) is 0 Å². The molecule has 612 valence electrons. The minimum Gasteiger partial charge on any atom is -0.462 e. The molecule has 0 radical (unpaired) electrons. The number of ether oxygens (including phenoxy) is 4. The van der Waals surface area contributed by atoms with E-state index in [0.29, 0.717) is 25.7 Å². The Morgan fingerprint density at radius 2 is 0.447 bits per heavy atom. The zero-order chi connectivity index (χ0) is 75.8. The highest BCUT2D eigenvalue weighted by molar-refractivity contribution is 7.47. The highest BCUT2D eigenvalue weighted by atomic mass is 31.2. The van der Waals surface area contributed by atoms with Crippen molar-refractivity contribution in [3.8, 4) is 0 Å². The number of phosphoric ester groups is 2. The van der Waals surface area contributed by atoms with Crippen LogP contribution in [0.25, 0.3) is 0 Å². The molecule has 0 rings (SSSR count). The second kappa shape index (κ2) is 74.2. The predicted octanol–water partition coefficient (Wildman–Crippen LogP) is 25.3. The maximum Gasteiger partial charge on any atom is 0.472 e. The molecule has 19 heteroatoms. The quantitative estimate of drug-likeness (QED) is 0.0222. The van der Waals surface area contributed by atoms with Gasteiger partial charge in [0, 0.05) is 25.7 Å². The molecule has 0 heterocycles. The lowest BCUT2D eigenvalue weighted by molar-refractivity contribution is -0.161. The van der Waals surface area contributed by atoms with Gasteiger partial charge in [-0.2, -0.15) is 0 Å². The van der Waals surface area contributed by atoms with Gasteiger partial charge in [-0.25, -0.2) is 9.13 Å². The molecule has 2 unspecified atom stereocenters. The number of hydrogen-bond donors (Lipinski definition) is 3. The Balaban J connectivity index is 5.20. The SMILES string of the molecule is CCCCCCCCCCCCCCCCCCCCCCC(=O)OC[C@H](COP(=O)(O)OC[C@@H](O)COP(=O)(O)OC[C@@H](COC(=O)CCCCCCCCCCC(C)C)OC(=O)CCCCCCCCCCC(C)C)OC(=O)CCCCCCCCCCCCCCCCCCCCC(C)C. The van der Waals surface area contributed by atoms with E-state index in [9.17, 15) is 43.2 Å². The van der Waals surface area contributed by atoms with Crippen LogP contribution in [0, 0.1) is 17.8 Å². The first-order valence-electron chi connectivity index (χ1n) is 43.3. The molecule has 103 heavy (non-hydrogen) atoms. The molecule has 0 saturated heterocycles. The minimum atomic E-state index is -4.96. The van der Waals surface area contributed by atoms with Gasteiger partial charge >= 0.3 is 39.5 Å². The number of esters is 4. The van der Waals surface area contributed by atoms with Crippen LogP contribution < -0.4 is 0 Å². The lowest BCUT2D eigenvalue weighted by Crippen LogP contribution is -2.30. The first-order chi connectivity index (χ1) is 49.7. The molecule has 0 aromatic carbocycles. The fraction of sp³-hybridized carbons (Fsp3) is 0.952. The summed E-state index contributed by atoms with van der Waals surface area (Å²) in [4.78, 5) is 73.1. The summed E-state index contributed by atoms with van der Waals surface area (Å²) in [7, 11) is -9.92. The molecule has 0 saturated carbocycles. The third kappa shape index (κ3) is 78.0. The molecule has 17 nitrogen and oxygen atoms in total. The zero-order valence-electron chi connectivity index (χ0n) is 67.8. The van der Waals surface area contributed by atoms with Crippen molar-refractivity contribution in [1.82, 2.24) is 0 Å². The van der Waals surface area contributed by atoms with E-state index in [1.165, 1.54) is 250 Å². The van der Waals surface area contributed by atoms with E-state index < -0.39 is 97.5 Å². The average molecular weight is 1510 g/mol. The molecule has 0 aliphatic carbocycles. The molecule has 3 N–H and O–H groups in total. The Bertz CT molecular complexity index is 1990. The van der Waals surface area contributed by atoms with Crippen molar-refractivity contribution in [2.45, 2.75) is 458 Å². The standard InChI is InChI=1S/C84H164O17P2/c1-8-9-10-11-12-13-14-15-16-17-18-19-23-26-29-32-35-44-51-58-65-81(86)94-71-79(100-83(88)67-60-53-46-36-33-30-27-24-21-20-22-25-28-31-34-41-48-55-62-75(2)3)73-98-102(90,91)96-69-78(85)70-97-103(92,93)99-74-80(101-84(89)68-61-54-47-40-38-43-50-57-64-77(6)7)72-95-82(87)66-59-52-45-39-37-42-49-56-63-76(4)5/h75-80,85H,8-74H2,1-7H3,(H,90,91)(H,92,93)/t78-,79-,80-/m1/s1. The fourth-order valence-electron chi connectivity index (χ4n) is 13.0. The molecular formula is C84H164O17P2. The summed E-state index contributed by atoms with van der Waals surface area (Å²) >= 11 is 0. The number of hydrogen-bond acceptors (Lipinski definition) is 15. The number of carbonyl (C=O) groups excluding carboxylic acids is 4. The summed E-state index contributed by atoms with van der Waals surface area (Å²) in [5.74, 6) is 0.154. The van der Waals surface area contributed by atoms with Crippen LogP contribution in [-0.2, 0) is 65.4 Å². The summed E-state index contributed by atoms with van der Waals surface area (Å²) in [5.41, 5.74) is 0. The highest BCUT2D eigenvalue weighted by Crippen LogP contribution is 2.45. The van der Waals surface area contributed by atoms with Crippen molar-refractivity contribution in [2.24, 2.45) is 17.8 Å². The van der Waals surface area contributed by atoms with E-state index in [2.05, 4.69) is 48.5 Å². The van der Waals surface area contributed by atoms with Crippen molar-refractivity contribution in [3.63, 3.8) is 0 Å². The van der Waals surface area contributed by atoms with Crippen LogP contribution in [-0.4, -0.2) is 96.7 Å². The molecule has 0 spiro atoms. The van der Waals surface area contributed by atoms with Crippen LogP contribution in [0.4, 0.5) is 0 Å². The Kier molecular flexibility index (Phi) is 72.8. The summed E-state index contributed by atoms with van der Waals surface area (Å²) in [6.07, 6.45) is 64.2. The second-order valence-electron chi connectivity index (χ2n) is 31.6. The van der Waals surface area contributed by atoms with Crippen molar-refractivity contribution in [1.29, 1.82) is 0 Å². The molecule has 0 bridgehead atoms. The highest BCUT2D eigenvalue weighted by Gasteiger charge is 2.30. The maximum absolute atomic E-state index is 13.1. The molecular weight excluding hydrogens is 1340 g/mol. The van der Waals surface area contributed by atoms with Crippen LogP contribution in [0.5, 0.6) is 0 Å². The van der Waals surface area contributed by atoms with E-state index in [-0.39, 0.29) is 25.7 Å². The van der Waals surface area contributed by atoms with E-state index in [1.807, 2.05) is 0 Å². The Labute approximate surface area is 632 Å². The van der Waals surface area contributed by atoms with Crippen molar-refractivity contribution >= 4 is 39.5 Å². The molecule has 0 aliphatic heterocycles.